The molecule has 0 N–H and O–H groups in total. The van der Waals surface area contributed by atoms with Crippen molar-refractivity contribution in [1.29, 1.82) is 0 Å². The predicted molar refractivity (Wildman–Crippen MR) is 126 cm³/mol. The lowest BCUT2D eigenvalue weighted by atomic mass is 10.2. The highest BCUT2D eigenvalue weighted by Gasteiger charge is 2.11. The van der Waals surface area contributed by atoms with Gasteiger partial charge in [0, 0.05) is 12.1 Å². The zero-order valence-electron chi connectivity index (χ0n) is 18.2. The fourth-order valence-electron chi connectivity index (χ4n) is 3.17. The first-order valence-electron chi connectivity index (χ1n) is 10.4. The molecule has 166 valence electrons. The molecule has 0 amide bonds. The number of hydrogen-bond acceptors (Lipinski definition) is 6. The third-order valence-electron chi connectivity index (χ3n) is 5.02. The SMILES string of the molecule is CCc1ccc(Oc2coc3cc(OC(=O)/C=C/c4ccc(OC)cc4)ccc3c2=O)cc1. The molecule has 0 aliphatic rings. The van der Waals surface area contributed by atoms with Crippen molar-refractivity contribution < 1.29 is 23.4 Å². The summed E-state index contributed by atoms with van der Waals surface area (Å²) in [5.74, 6) is 1.07. The van der Waals surface area contributed by atoms with Crippen molar-refractivity contribution in [3.05, 3.63) is 100 Å². The number of benzene rings is 3. The number of fused-ring (bicyclic) bond motifs is 1. The Morgan fingerprint density at radius 1 is 0.939 bits per heavy atom. The van der Waals surface area contributed by atoms with Crippen LogP contribution in [0.4, 0.5) is 0 Å². The molecule has 0 saturated heterocycles. The Labute approximate surface area is 190 Å². The number of carbonyl (C=O) groups excluding carboxylic acids is 1. The van der Waals surface area contributed by atoms with Gasteiger partial charge in [-0.3, -0.25) is 4.79 Å². The minimum atomic E-state index is -0.553. The van der Waals surface area contributed by atoms with Crippen molar-refractivity contribution in [3.63, 3.8) is 0 Å². The largest absolute Gasteiger partial charge is 0.497 e. The molecule has 1 aromatic heterocycles. The summed E-state index contributed by atoms with van der Waals surface area (Å²) in [6, 6.07) is 19.3. The smallest absolute Gasteiger partial charge is 0.336 e. The number of methoxy groups -OCH3 is 1. The van der Waals surface area contributed by atoms with Gasteiger partial charge in [0.25, 0.3) is 0 Å². The van der Waals surface area contributed by atoms with Gasteiger partial charge < -0.3 is 18.6 Å². The van der Waals surface area contributed by atoms with Gasteiger partial charge in [-0.25, -0.2) is 4.79 Å². The van der Waals surface area contributed by atoms with Crippen LogP contribution in [0.25, 0.3) is 17.0 Å². The second-order valence-electron chi connectivity index (χ2n) is 7.21. The first kappa shape index (κ1) is 21.9. The first-order chi connectivity index (χ1) is 16.1. The topological polar surface area (TPSA) is 75.0 Å². The molecule has 0 aliphatic carbocycles. The van der Waals surface area contributed by atoms with Crippen molar-refractivity contribution in [2.45, 2.75) is 13.3 Å². The number of hydrogen-bond donors (Lipinski definition) is 0. The van der Waals surface area contributed by atoms with Crippen molar-refractivity contribution >= 4 is 23.0 Å². The highest BCUT2D eigenvalue weighted by Crippen LogP contribution is 2.24. The van der Waals surface area contributed by atoms with E-state index in [1.54, 1.807) is 31.4 Å². The van der Waals surface area contributed by atoms with Crippen LogP contribution in [0.2, 0.25) is 0 Å². The van der Waals surface area contributed by atoms with E-state index in [0.717, 1.165) is 17.7 Å². The van der Waals surface area contributed by atoms with Crippen molar-refractivity contribution in [2.24, 2.45) is 0 Å². The van der Waals surface area contributed by atoms with E-state index in [-0.39, 0.29) is 22.5 Å². The lowest BCUT2D eigenvalue weighted by Crippen LogP contribution is -2.06. The molecule has 4 aromatic rings. The zero-order chi connectivity index (χ0) is 23.2. The third kappa shape index (κ3) is 5.30. The van der Waals surface area contributed by atoms with Crippen molar-refractivity contribution in [2.75, 3.05) is 7.11 Å². The number of rotatable bonds is 7. The summed E-state index contributed by atoms with van der Waals surface area (Å²) in [5.41, 5.74) is 1.98. The van der Waals surface area contributed by atoms with Crippen LogP contribution in [-0.4, -0.2) is 13.1 Å². The van der Waals surface area contributed by atoms with Gasteiger partial charge in [0.2, 0.25) is 11.2 Å². The molecule has 0 aliphatic heterocycles. The summed E-state index contributed by atoms with van der Waals surface area (Å²) < 4.78 is 21.7. The van der Waals surface area contributed by atoms with Gasteiger partial charge >= 0.3 is 5.97 Å². The molecule has 6 nitrogen and oxygen atoms in total. The zero-order valence-corrected chi connectivity index (χ0v) is 18.2. The van der Waals surface area contributed by atoms with E-state index < -0.39 is 5.97 Å². The summed E-state index contributed by atoms with van der Waals surface area (Å²) in [4.78, 5) is 25.0. The van der Waals surface area contributed by atoms with E-state index in [9.17, 15) is 9.59 Å². The number of ether oxygens (including phenoxy) is 3. The summed E-state index contributed by atoms with van der Waals surface area (Å²) >= 11 is 0. The monoisotopic (exact) mass is 442 g/mol. The van der Waals surface area contributed by atoms with Crippen LogP contribution in [0.3, 0.4) is 0 Å². The molecule has 0 fully saturated rings. The molecule has 3 aromatic carbocycles. The van der Waals surface area contributed by atoms with Crippen molar-refractivity contribution in [3.8, 4) is 23.0 Å². The van der Waals surface area contributed by atoms with Crippen LogP contribution in [0, 0.1) is 0 Å². The van der Waals surface area contributed by atoms with Crippen LogP contribution < -0.4 is 19.6 Å². The predicted octanol–water partition coefficient (Wildman–Crippen LogP) is 5.78. The van der Waals surface area contributed by atoms with Gasteiger partial charge in [0.05, 0.1) is 12.5 Å². The molecule has 1 heterocycles. The molecule has 0 unspecified atom stereocenters. The lowest BCUT2D eigenvalue weighted by Gasteiger charge is -2.07. The average Bonchev–Trinajstić information content (AvgIpc) is 2.85. The number of aryl methyl sites for hydroxylation is 1. The van der Waals surface area contributed by atoms with Crippen LogP contribution in [0.15, 0.2) is 88.3 Å². The third-order valence-corrected chi connectivity index (χ3v) is 5.02. The summed E-state index contributed by atoms with van der Waals surface area (Å²) in [6.07, 6.45) is 5.14. The molecule has 0 radical (unpaired) electrons. The van der Waals surface area contributed by atoms with Crippen molar-refractivity contribution in [1.82, 2.24) is 0 Å². The van der Waals surface area contributed by atoms with E-state index >= 15 is 0 Å². The fraction of sp³-hybridized carbons (Fsp3) is 0.111. The maximum Gasteiger partial charge on any atom is 0.336 e. The Morgan fingerprint density at radius 2 is 1.64 bits per heavy atom. The molecule has 0 spiro atoms. The maximum absolute atomic E-state index is 12.8. The Balaban J connectivity index is 1.47. The first-order valence-corrected chi connectivity index (χ1v) is 10.4. The highest BCUT2D eigenvalue weighted by molar-refractivity contribution is 5.89. The fourth-order valence-corrected chi connectivity index (χ4v) is 3.17. The minimum Gasteiger partial charge on any atom is -0.497 e. The summed E-state index contributed by atoms with van der Waals surface area (Å²) in [5, 5.41) is 0.325. The van der Waals surface area contributed by atoms with Crippen LogP contribution in [0.5, 0.6) is 23.0 Å². The highest BCUT2D eigenvalue weighted by atomic mass is 16.5. The number of esters is 1. The van der Waals surface area contributed by atoms with Gasteiger partial charge in [0.1, 0.15) is 29.1 Å². The molecular formula is C27H22O6. The molecular weight excluding hydrogens is 420 g/mol. The Hall–Kier alpha value is -4.32. The normalized spacial score (nSPS) is 11.0. The molecule has 33 heavy (non-hydrogen) atoms. The van der Waals surface area contributed by atoms with Gasteiger partial charge in [-0.1, -0.05) is 31.2 Å². The van der Waals surface area contributed by atoms with E-state index in [4.69, 9.17) is 18.6 Å². The second-order valence-corrected chi connectivity index (χ2v) is 7.21. The summed E-state index contributed by atoms with van der Waals surface area (Å²) in [6.45, 7) is 2.07. The van der Waals surface area contributed by atoms with Crippen LogP contribution in [-0.2, 0) is 11.2 Å². The standard InChI is InChI=1S/C27H22O6/c1-3-18-4-11-21(12-5-18)32-25-17-31-24-16-22(13-14-23(24)27(25)29)33-26(28)15-8-19-6-9-20(30-2)10-7-19/h4-17H,3H2,1-2H3/b15-8+. The Morgan fingerprint density at radius 3 is 2.33 bits per heavy atom. The minimum absolute atomic E-state index is 0.0823. The van der Waals surface area contributed by atoms with Gasteiger partial charge in [-0.05, 0) is 60.0 Å². The Kier molecular flexibility index (Phi) is 6.55. The van der Waals surface area contributed by atoms with Gasteiger partial charge in [-0.2, -0.15) is 0 Å². The molecule has 0 atom stereocenters. The van der Waals surface area contributed by atoms with E-state index in [1.807, 2.05) is 36.4 Å². The quantitative estimate of drug-likeness (QED) is 0.205. The van der Waals surface area contributed by atoms with Crippen LogP contribution in [0.1, 0.15) is 18.1 Å². The van der Waals surface area contributed by atoms with E-state index in [0.29, 0.717) is 11.1 Å². The molecule has 6 heteroatoms. The number of carbonyl (C=O) groups is 1. The molecule has 4 rings (SSSR count). The second kappa shape index (κ2) is 9.87. The molecule has 0 saturated carbocycles. The Bertz CT molecular complexity index is 1350. The van der Waals surface area contributed by atoms with Gasteiger partial charge in [0.15, 0.2) is 0 Å². The van der Waals surface area contributed by atoms with E-state index in [2.05, 4.69) is 6.92 Å². The summed E-state index contributed by atoms with van der Waals surface area (Å²) in [7, 11) is 1.59. The van der Waals surface area contributed by atoms with E-state index in [1.165, 1.54) is 30.0 Å². The maximum atomic E-state index is 12.8. The van der Waals surface area contributed by atoms with Crippen LogP contribution >= 0.6 is 0 Å². The molecule has 0 bridgehead atoms. The van der Waals surface area contributed by atoms with Gasteiger partial charge in [-0.15, -0.1) is 0 Å². The average molecular weight is 442 g/mol. The lowest BCUT2D eigenvalue weighted by molar-refractivity contribution is -0.128.